The largest absolute Gasteiger partial charge is 0.497 e. The number of para-hydroxylation sites is 1. The minimum Gasteiger partial charge on any atom is -0.497 e. The Kier molecular flexibility index (Phi) is 5.85. The molecule has 0 radical (unpaired) electrons. The molecule has 0 saturated carbocycles. The van der Waals surface area contributed by atoms with Gasteiger partial charge in [-0.3, -0.25) is 4.79 Å². The van der Waals surface area contributed by atoms with Crippen molar-refractivity contribution in [2.45, 2.75) is 13.5 Å². The fourth-order valence-electron chi connectivity index (χ4n) is 3.65. The Bertz CT molecular complexity index is 1220. The smallest absolute Gasteiger partial charge is 0.253 e. The monoisotopic (exact) mass is 414 g/mol. The molecule has 4 nitrogen and oxygen atoms in total. The third-order valence-electron chi connectivity index (χ3n) is 5.25. The number of benzene rings is 3. The zero-order valence-corrected chi connectivity index (χ0v) is 17.4. The molecule has 3 aromatic carbocycles. The number of aromatic nitrogens is 1. The highest BCUT2D eigenvalue weighted by molar-refractivity contribution is 5.97. The highest BCUT2D eigenvalue weighted by Crippen LogP contribution is 2.32. The first-order chi connectivity index (χ1) is 15.1. The summed E-state index contributed by atoms with van der Waals surface area (Å²) >= 11 is 0. The lowest BCUT2D eigenvalue weighted by Crippen LogP contribution is -2.23. The molecule has 0 aliphatic heterocycles. The van der Waals surface area contributed by atoms with Gasteiger partial charge in [0.05, 0.1) is 24.1 Å². The number of halogens is 1. The third-order valence-corrected chi connectivity index (χ3v) is 5.25. The SMILES string of the molecule is COc1cccc(-c2cc(C(=O)NCc3ccccc3)c(C)n2-c2ccccc2F)c1. The second-order valence-electron chi connectivity index (χ2n) is 7.22. The van der Waals surface area contributed by atoms with Gasteiger partial charge in [-0.05, 0) is 42.8 Å². The van der Waals surface area contributed by atoms with Crippen molar-refractivity contribution in [2.75, 3.05) is 7.11 Å². The van der Waals surface area contributed by atoms with E-state index in [1.807, 2.05) is 61.5 Å². The maximum atomic E-state index is 14.7. The van der Waals surface area contributed by atoms with Crippen LogP contribution in [0, 0.1) is 12.7 Å². The van der Waals surface area contributed by atoms with E-state index in [0.29, 0.717) is 34.9 Å². The van der Waals surface area contributed by atoms with E-state index in [9.17, 15) is 9.18 Å². The second-order valence-corrected chi connectivity index (χ2v) is 7.22. The molecule has 0 bridgehead atoms. The lowest BCUT2D eigenvalue weighted by molar-refractivity contribution is 0.0950. The molecule has 0 saturated heterocycles. The minimum atomic E-state index is -0.360. The van der Waals surface area contributed by atoms with E-state index in [1.54, 1.807) is 35.9 Å². The highest BCUT2D eigenvalue weighted by Gasteiger charge is 2.21. The summed E-state index contributed by atoms with van der Waals surface area (Å²) in [6.07, 6.45) is 0. The molecule has 1 aromatic heterocycles. The average Bonchev–Trinajstić information content (AvgIpc) is 3.15. The maximum Gasteiger partial charge on any atom is 0.253 e. The van der Waals surface area contributed by atoms with Crippen molar-refractivity contribution < 1.29 is 13.9 Å². The van der Waals surface area contributed by atoms with Crippen molar-refractivity contribution in [1.82, 2.24) is 9.88 Å². The van der Waals surface area contributed by atoms with Gasteiger partial charge in [0.2, 0.25) is 0 Å². The summed E-state index contributed by atoms with van der Waals surface area (Å²) in [7, 11) is 1.60. The van der Waals surface area contributed by atoms with Gasteiger partial charge < -0.3 is 14.6 Å². The van der Waals surface area contributed by atoms with Crippen molar-refractivity contribution >= 4 is 5.91 Å². The number of rotatable bonds is 6. The summed E-state index contributed by atoms with van der Waals surface area (Å²) < 4.78 is 21.9. The Labute approximate surface area is 180 Å². The quantitative estimate of drug-likeness (QED) is 0.451. The van der Waals surface area contributed by atoms with E-state index in [0.717, 1.165) is 11.1 Å². The summed E-state index contributed by atoms with van der Waals surface area (Å²) in [5.74, 6) is 0.119. The Hall–Kier alpha value is -3.86. The minimum absolute atomic E-state index is 0.208. The summed E-state index contributed by atoms with van der Waals surface area (Å²) in [6.45, 7) is 2.24. The molecule has 0 aliphatic rings. The van der Waals surface area contributed by atoms with Crippen molar-refractivity contribution in [3.8, 4) is 22.7 Å². The standard InChI is InChI=1S/C26H23FN2O2/c1-18-22(26(30)28-17-19-9-4-3-5-10-19)16-25(20-11-8-12-21(15-20)31-2)29(18)24-14-7-6-13-23(24)27/h3-16H,17H2,1-2H3,(H,28,30). The van der Waals surface area contributed by atoms with Gasteiger partial charge in [-0.2, -0.15) is 0 Å². The van der Waals surface area contributed by atoms with E-state index in [1.165, 1.54) is 6.07 Å². The predicted molar refractivity (Wildman–Crippen MR) is 120 cm³/mol. The number of nitrogens with zero attached hydrogens (tertiary/aromatic N) is 1. The lowest BCUT2D eigenvalue weighted by Gasteiger charge is -2.14. The van der Waals surface area contributed by atoms with E-state index < -0.39 is 0 Å². The van der Waals surface area contributed by atoms with Crippen LogP contribution in [0.3, 0.4) is 0 Å². The van der Waals surface area contributed by atoms with Crippen molar-refractivity contribution in [2.24, 2.45) is 0 Å². The van der Waals surface area contributed by atoms with Gasteiger partial charge in [0.25, 0.3) is 5.91 Å². The van der Waals surface area contributed by atoms with Crippen LogP contribution in [0.15, 0.2) is 84.9 Å². The van der Waals surface area contributed by atoms with Gasteiger partial charge in [0.1, 0.15) is 11.6 Å². The van der Waals surface area contributed by atoms with Gasteiger partial charge in [-0.1, -0.05) is 54.6 Å². The van der Waals surface area contributed by atoms with Gasteiger partial charge in [-0.25, -0.2) is 4.39 Å². The Morgan fingerprint density at radius 2 is 1.71 bits per heavy atom. The first kappa shape index (κ1) is 20.4. The second kappa shape index (κ2) is 8.88. The Morgan fingerprint density at radius 3 is 2.45 bits per heavy atom. The molecule has 156 valence electrons. The maximum absolute atomic E-state index is 14.7. The van der Waals surface area contributed by atoms with E-state index >= 15 is 0 Å². The molecule has 0 spiro atoms. The van der Waals surface area contributed by atoms with Crippen LogP contribution in [0.4, 0.5) is 4.39 Å². The fourth-order valence-corrected chi connectivity index (χ4v) is 3.65. The molecular formula is C26H23FN2O2. The molecule has 4 aromatic rings. The Morgan fingerprint density at radius 1 is 0.968 bits per heavy atom. The zero-order chi connectivity index (χ0) is 21.8. The molecule has 1 heterocycles. The van der Waals surface area contributed by atoms with E-state index in [-0.39, 0.29) is 11.7 Å². The Balaban J connectivity index is 1.78. The molecule has 31 heavy (non-hydrogen) atoms. The predicted octanol–water partition coefficient (Wildman–Crippen LogP) is 5.53. The number of carbonyl (C=O) groups excluding carboxylic acids is 1. The van der Waals surface area contributed by atoms with Crippen molar-refractivity contribution in [3.05, 3.63) is 108 Å². The van der Waals surface area contributed by atoms with Crippen molar-refractivity contribution in [1.29, 1.82) is 0 Å². The summed E-state index contributed by atoms with van der Waals surface area (Å²) in [5.41, 5.74) is 4.10. The van der Waals surface area contributed by atoms with Crippen molar-refractivity contribution in [3.63, 3.8) is 0 Å². The van der Waals surface area contributed by atoms with Gasteiger partial charge in [0.15, 0.2) is 0 Å². The normalized spacial score (nSPS) is 10.7. The van der Waals surface area contributed by atoms with Crippen LogP contribution in [-0.2, 0) is 6.54 Å². The van der Waals surface area contributed by atoms with Crippen LogP contribution in [0.1, 0.15) is 21.6 Å². The number of hydrogen-bond donors (Lipinski definition) is 1. The number of amides is 1. The number of methoxy groups -OCH3 is 1. The molecular weight excluding hydrogens is 391 g/mol. The molecule has 1 amide bonds. The molecule has 0 fully saturated rings. The molecule has 5 heteroatoms. The molecule has 1 N–H and O–H groups in total. The van der Waals surface area contributed by atoms with Crippen LogP contribution in [0.25, 0.3) is 16.9 Å². The number of hydrogen-bond acceptors (Lipinski definition) is 2. The van der Waals surface area contributed by atoms with Crippen LogP contribution in [0.5, 0.6) is 5.75 Å². The summed E-state index contributed by atoms with van der Waals surface area (Å²) in [5, 5.41) is 2.97. The number of carbonyl (C=O) groups is 1. The summed E-state index contributed by atoms with van der Waals surface area (Å²) in [6, 6.07) is 25.6. The van der Waals surface area contributed by atoms with Gasteiger partial charge >= 0.3 is 0 Å². The molecule has 0 unspecified atom stereocenters. The van der Waals surface area contributed by atoms with E-state index in [2.05, 4.69) is 5.32 Å². The highest BCUT2D eigenvalue weighted by atomic mass is 19.1. The first-order valence-corrected chi connectivity index (χ1v) is 10.0. The summed E-state index contributed by atoms with van der Waals surface area (Å²) in [4.78, 5) is 13.0. The average molecular weight is 414 g/mol. The van der Waals surface area contributed by atoms with Crippen LogP contribution in [-0.4, -0.2) is 17.6 Å². The fraction of sp³-hybridized carbons (Fsp3) is 0.115. The van der Waals surface area contributed by atoms with E-state index in [4.69, 9.17) is 4.74 Å². The molecule has 4 rings (SSSR count). The number of nitrogens with one attached hydrogen (secondary N) is 1. The lowest BCUT2D eigenvalue weighted by atomic mass is 10.1. The van der Waals surface area contributed by atoms with Crippen LogP contribution in [0.2, 0.25) is 0 Å². The third kappa shape index (κ3) is 4.21. The molecule has 0 atom stereocenters. The van der Waals surface area contributed by atoms with Crippen LogP contribution < -0.4 is 10.1 Å². The topological polar surface area (TPSA) is 43.3 Å². The zero-order valence-electron chi connectivity index (χ0n) is 17.4. The number of ether oxygens (including phenoxy) is 1. The van der Waals surface area contributed by atoms with Crippen LogP contribution >= 0.6 is 0 Å². The molecule has 0 aliphatic carbocycles. The van der Waals surface area contributed by atoms with Gasteiger partial charge in [0, 0.05) is 17.8 Å². The first-order valence-electron chi connectivity index (χ1n) is 10.0. The van der Waals surface area contributed by atoms with Gasteiger partial charge in [-0.15, -0.1) is 0 Å².